The molecule has 0 bridgehead atoms. The Morgan fingerprint density at radius 3 is 2.19 bits per heavy atom. The molecule has 21 heavy (non-hydrogen) atoms. The Kier molecular flexibility index (Phi) is 2.94. The van der Waals surface area contributed by atoms with Gasteiger partial charge in [-0.05, 0) is 40.5 Å². The Bertz CT molecular complexity index is 669. The van der Waals surface area contributed by atoms with Crippen LogP contribution in [0.25, 0.3) is 10.8 Å². The number of fused-ring (bicyclic) bond motifs is 2. The topological polar surface area (TPSA) is 43.8 Å². The van der Waals surface area contributed by atoms with Crippen molar-refractivity contribution in [3.05, 3.63) is 47.5 Å². The molecule has 0 amide bonds. The van der Waals surface area contributed by atoms with E-state index >= 15 is 0 Å². The van der Waals surface area contributed by atoms with Crippen LogP contribution in [0.3, 0.4) is 0 Å². The van der Waals surface area contributed by atoms with Crippen molar-refractivity contribution in [2.45, 2.75) is 19.5 Å². The maximum Gasteiger partial charge on any atom is 0.307 e. The van der Waals surface area contributed by atoms with E-state index in [0.717, 1.165) is 26.1 Å². The molecule has 2 aromatic rings. The minimum absolute atomic E-state index is 0.215. The van der Waals surface area contributed by atoms with Gasteiger partial charge in [0.2, 0.25) is 0 Å². The maximum absolute atomic E-state index is 11.1. The van der Waals surface area contributed by atoms with Gasteiger partial charge in [-0.15, -0.1) is 0 Å². The quantitative estimate of drug-likeness (QED) is 0.919. The Morgan fingerprint density at radius 2 is 1.67 bits per heavy atom. The summed E-state index contributed by atoms with van der Waals surface area (Å²) in [6, 6.07) is 13.0. The van der Waals surface area contributed by atoms with Crippen LogP contribution in [-0.4, -0.2) is 34.2 Å². The molecule has 2 aliphatic heterocycles. The van der Waals surface area contributed by atoms with Crippen LogP contribution in [0.2, 0.25) is 0 Å². The molecule has 0 saturated carbocycles. The predicted octanol–water partition coefficient (Wildman–Crippen LogP) is 2.48. The summed E-state index contributed by atoms with van der Waals surface area (Å²) in [4.78, 5) is 11.1. The molecule has 2 aromatic carbocycles. The summed E-state index contributed by atoms with van der Waals surface area (Å²) < 4.78 is 0. The highest BCUT2D eigenvalue weighted by molar-refractivity contribution is 5.84. The van der Waals surface area contributed by atoms with Crippen LogP contribution in [0.5, 0.6) is 0 Å². The van der Waals surface area contributed by atoms with Crippen LogP contribution in [0.15, 0.2) is 36.4 Å². The van der Waals surface area contributed by atoms with Crippen LogP contribution >= 0.6 is 0 Å². The fraction of sp³-hybridized carbons (Fsp3) is 0.353. The first kappa shape index (κ1) is 12.8. The Hall–Kier alpha value is -1.91. The fourth-order valence-electron chi connectivity index (χ4n) is 3.48. The summed E-state index contributed by atoms with van der Waals surface area (Å²) in [7, 11) is 0. The molecule has 1 atom stereocenters. The van der Waals surface area contributed by atoms with Crippen LogP contribution in [0.4, 0.5) is 0 Å². The van der Waals surface area contributed by atoms with Gasteiger partial charge in [0.1, 0.15) is 0 Å². The second kappa shape index (κ2) is 4.83. The maximum atomic E-state index is 11.1. The lowest BCUT2D eigenvalue weighted by molar-refractivity contribution is -0.141. The molecule has 0 spiro atoms. The molecule has 2 heterocycles. The molecule has 1 fully saturated rings. The molecule has 0 aromatic heterocycles. The number of carboxylic acid groups (broad SMARTS) is 1. The van der Waals surface area contributed by atoms with E-state index in [1.54, 1.807) is 0 Å². The molecule has 4 nitrogen and oxygen atoms in total. The lowest BCUT2D eigenvalue weighted by Gasteiger charge is -2.27. The fourth-order valence-corrected chi connectivity index (χ4v) is 3.48. The SMILES string of the molecule is O=C(O)C1CCN(N2Cc3cc4ccccc4cc3C2)C1. The molecule has 1 saturated heterocycles. The molecule has 1 unspecified atom stereocenters. The monoisotopic (exact) mass is 282 g/mol. The first-order valence-electron chi connectivity index (χ1n) is 7.44. The summed E-state index contributed by atoms with van der Waals surface area (Å²) in [5.41, 5.74) is 2.74. The van der Waals surface area contributed by atoms with Gasteiger partial charge >= 0.3 is 5.97 Å². The van der Waals surface area contributed by atoms with E-state index in [4.69, 9.17) is 5.11 Å². The van der Waals surface area contributed by atoms with E-state index in [0.29, 0.717) is 6.54 Å². The van der Waals surface area contributed by atoms with Crippen molar-refractivity contribution in [2.24, 2.45) is 5.92 Å². The number of aliphatic carboxylic acids is 1. The van der Waals surface area contributed by atoms with E-state index in [1.807, 2.05) is 0 Å². The predicted molar refractivity (Wildman–Crippen MR) is 80.5 cm³/mol. The number of carboxylic acids is 1. The number of hydrogen-bond donors (Lipinski definition) is 1. The van der Waals surface area contributed by atoms with Gasteiger partial charge in [0, 0.05) is 26.2 Å². The van der Waals surface area contributed by atoms with Gasteiger partial charge in [-0.2, -0.15) is 0 Å². The summed E-state index contributed by atoms with van der Waals surface area (Å²) in [6.07, 6.45) is 0.754. The zero-order valence-electron chi connectivity index (χ0n) is 11.8. The van der Waals surface area contributed by atoms with Crippen molar-refractivity contribution in [3.8, 4) is 0 Å². The second-order valence-corrected chi connectivity index (χ2v) is 6.03. The lowest BCUT2D eigenvalue weighted by atomic mass is 10.0. The molecule has 0 aliphatic carbocycles. The van der Waals surface area contributed by atoms with Crippen LogP contribution in [-0.2, 0) is 17.9 Å². The van der Waals surface area contributed by atoms with Crippen molar-refractivity contribution in [2.75, 3.05) is 13.1 Å². The highest BCUT2D eigenvalue weighted by Crippen LogP contribution is 2.31. The van der Waals surface area contributed by atoms with Gasteiger partial charge in [0.05, 0.1) is 5.92 Å². The van der Waals surface area contributed by atoms with Gasteiger partial charge in [0.25, 0.3) is 0 Å². The average molecular weight is 282 g/mol. The van der Waals surface area contributed by atoms with E-state index in [2.05, 4.69) is 46.4 Å². The number of rotatable bonds is 2. The number of benzene rings is 2. The van der Waals surface area contributed by atoms with Gasteiger partial charge < -0.3 is 5.11 Å². The van der Waals surface area contributed by atoms with Gasteiger partial charge in [-0.1, -0.05) is 24.3 Å². The molecule has 4 heteroatoms. The summed E-state index contributed by atoms with van der Waals surface area (Å²) in [5.74, 6) is -0.882. The number of nitrogens with zero attached hydrogens (tertiary/aromatic N) is 2. The van der Waals surface area contributed by atoms with Crippen LogP contribution in [0.1, 0.15) is 17.5 Å². The largest absolute Gasteiger partial charge is 0.481 e. The molecule has 2 aliphatic rings. The van der Waals surface area contributed by atoms with Crippen LogP contribution in [0, 0.1) is 5.92 Å². The normalized spacial score (nSPS) is 22.8. The smallest absolute Gasteiger partial charge is 0.307 e. The van der Waals surface area contributed by atoms with Gasteiger partial charge in [-0.25, -0.2) is 10.0 Å². The van der Waals surface area contributed by atoms with Crippen LogP contribution < -0.4 is 0 Å². The third-order valence-corrected chi connectivity index (χ3v) is 4.69. The van der Waals surface area contributed by atoms with Gasteiger partial charge in [-0.3, -0.25) is 4.79 Å². The minimum Gasteiger partial charge on any atom is -0.481 e. The number of carbonyl (C=O) groups is 1. The van der Waals surface area contributed by atoms with Crippen molar-refractivity contribution in [3.63, 3.8) is 0 Å². The number of hydrazine groups is 1. The van der Waals surface area contributed by atoms with E-state index in [9.17, 15) is 4.79 Å². The third-order valence-electron chi connectivity index (χ3n) is 4.69. The van der Waals surface area contributed by atoms with Crippen molar-refractivity contribution >= 4 is 16.7 Å². The second-order valence-electron chi connectivity index (χ2n) is 6.03. The Morgan fingerprint density at radius 1 is 1.05 bits per heavy atom. The zero-order chi connectivity index (χ0) is 14.4. The third kappa shape index (κ3) is 2.20. The molecule has 108 valence electrons. The van der Waals surface area contributed by atoms with E-state index in [-0.39, 0.29) is 5.92 Å². The molecular weight excluding hydrogens is 264 g/mol. The molecule has 4 rings (SSSR count). The summed E-state index contributed by atoms with van der Waals surface area (Å²) in [6.45, 7) is 3.28. The number of hydrogen-bond acceptors (Lipinski definition) is 3. The first-order valence-corrected chi connectivity index (χ1v) is 7.44. The average Bonchev–Trinajstić information content (AvgIpc) is 3.11. The van der Waals surface area contributed by atoms with Crippen molar-refractivity contribution < 1.29 is 9.90 Å². The van der Waals surface area contributed by atoms with Crippen molar-refractivity contribution in [1.29, 1.82) is 0 Å². The summed E-state index contributed by atoms with van der Waals surface area (Å²) in [5, 5.41) is 16.2. The van der Waals surface area contributed by atoms with Crippen molar-refractivity contribution in [1.82, 2.24) is 10.0 Å². The lowest BCUT2D eigenvalue weighted by Crippen LogP contribution is -2.37. The highest BCUT2D eigenvalue weighted by Gasteiger charge is 2.33. The van der Waals surface area contributed by atoms with Gasteiger partial charge in [0.15, 0.2) is 0 Å². The zero-order valence-corrected chi connectivity index (χ0v) is 11.8. The highest BCUT2D eigenvalue weighted by atomic mass is 16.4. The molecule has 1 N–H and O–H groups in total. The van der Waals surface area contributed by atoms with E-state index < -0.39 is 5.97 Å². The first-order chi connectivity index (χ1) is 10.2. The van der Waals surface area contributed by atoms with E-state index in [1.165, 1.54) is 21.9 Å². The summed E-state index contributed by atoms with van der Waals surface area (Å²) >= 11 is 0. The molecular formula is C17H18N2O2. The Balaban J connectivity index is 1.57. The Labute approximate surface area is 123 Å². The standard InChI is InChI=1S/C17H18N2O2/c20-17(21)14-5-6-18(9-14)19-10-15-7-12-3-1-2-4-13(12)8-16(15)11-19/h1-4,7-8,14H,5-6,9-11H2,(H,20,21). The molecule has 0 radical (unpaired) electrons. The minimum atomic E-state index is -0.667.